The third-order valence-corrected chi connectivity index (χ3v) is 2.79. The van der Waals surface area contributed by atoms with Crippen LogP contribution in [0.4, 0.5) is 11.5 Å². The fourth-order valence-corrected chi connectivity index (χ4v) is 1.69. The van der Waals surface area contributed by atoms with Gasteiger partial charge in [0.2, 0.25) is 0 Å². The van der Waals surface area contributed by atoms with Gasteiger partial charge < -0.3 is 16.2 Å². The lowest BCUT2D eigenvalue weighted by Gasteiger charge is -2.22. The maximum Gasteiger partial charge on any atom is 0.337 e. The molecule has 5 heteroatoms. The van der Waals surface area contributed by atoms with Gasteiger partial charge in [0.1, 0.15) is 5.82 Å². The smallest absolute Gasteiger partial charge is 0.337 e. The Labute approximate surface area is 101 Å². The first kappa shape index (κ1) is 13.3. The zero-order valence-corrected chi connectivity index (χ0v) is 10.4. The van der Waals surface area contributed by atoms with Gasteiger partial charge in [0.05, 0.1) is 11.3 Å². The number of nitrogen functional groups attached to an aromatic ring is 1. The van der Waals surface area contributed by atoms with Gasteiger partial charge >= 0.3 is 5.97 Å². The zero-order chi connectivity index (χ0) is 13.0. The molecular weight excluding hydrogens is 218 g/mol. The molecular formula is C12H19N3O2. The number of anilines is 2. The first-order valence-corrected chi connectivity index (χ1v) is 5.71. The number of carboxylic acid groups (broad SMARTS) is 1. The lowest BCUT2D eigenvalue weighted by atomic mass is 10.0. The van der Waals surface area contributed by atoms with E-state index in [0.717, 1.165) is 6.42 Å². The van der Waals surface area contributed by atoms with Gasteiger partial charge in [0.25, 0.3) is 0 Å². The summed E-state index contributed by atoms with van der Waals surface area (Å²) in [4.78, 5) is 15.0. The summed E-state index contributed by atoms with van der Waals surface area (Å²) in [7, 11) is 0. The Morgan fingerprint density at radius 3 is 2.71 bits per heavy atom. The Balaban J connectivity index is 2.99. The van der Waals surface area contributed by atoms with Crippen molar-refractivity contribution in [3.05, 3.63) is 17.8 Å². The van der Waals surface area contributed by atoms with Gasteiger partial charge in [-0.1, -0.05) is 20.8 Å². The molecule has 4 N–H and O–H groups in total. The van der Waals surface area contributed by atoms with E-state index in [1.165, 1.54) is 12.3 Å². The fraction of sp³-hybridized carbons (Fsp3) is 0.500. The van der Waals surface area contributed by atoms with Gasteiger partial charge in [-0.15, -0.1) is 0 Å². The zero-order valence-electron chi connectivity index (χ0n) is 10.4. The molecule has 1 atom stereocenters. The number of hydrogen-bond acceptors (Lipinski definition) is 4. The number of pyridine rings is 1. The second-order valence-corrected chi connectivity index (χ2v) is 4.33. The molecule has 1 heterocycles. The highest BCUT2D eigenvalue weighted by atomic mass is 16.4. The second kappa shape index (κ2) is 5.52. The van der Waals surface area contributed by atoms with Gasteiger partial charge in [-0.3, -0.25) is 0 Å². The van der Waals surface area contributed by atoms with Crippen LogP contribution < -0.4 is 11.1 Å². The lowest BCUT2D eigenvalue weighted by Crippen LogP contribution is -2.26. The molecule has 1 rings (SSSR count). The largest absolute Gasteiger partial charge is 0.478 e. The van der Waals surface area contributed by atoms with Crippen LogP contribution >= 0.6 is 0 Å². The second-order valence-electron chi connectivity index (χ2n) is 4.33. The standard InChI is InChI=1S/C12H19N3O2/c1-4-9(7(2)3)15-11-10(13)8(12(16)17)5-6-14-11/h5-7,9H,4,13H2,1-3H3,(H,14,15)(H,16,17). The van der Waals surface area contributed by atoms with Gasteiger partial charge in [-0.2, -0.15) is 0 Å². The molecule has 0 spiro atoms. The number of rotatable bonds is 5. The van der Waals surface area contributed by atoms with E-state index in [0.29, 0.717) is 11.7 Å². The van der Waals surface area contributed by atoms with Crippen LogP contribution in [0.5, 0.6) is 0 Å². The third-order valence-electron chi connectivity index (χ3n) is 2.79. The molecule has 0 saturated heterocycles. The Morgan fingerprint density at radius 1 is 1.59 bits per heavy atom. The highest BCUT2D eigenvalue weighted by Gasteiger charge is 2.16. The molecule has 1 aromatic heterocycles. The summed E-state index contributed by atoms with van der Waals surface area (Å²) in [5, 5.41) is 12.1. The van der Waals surface area contributed by atoms with Crippen LogP contribution in [0.25, 0.3) is 0 Å². The predicted molar refractivity (Wildman–Crippen MR) is 68.1 cm³/mol. The van der Waals surface area contributed by atoms with Crippen molar-refractivity contribution in [1.29, 1.82) is 0 Å². The van der Waals surface area contributed by atoms with Crippen molar-refractivity contribution < 1.29 is 9.90 Å². The highest BCUT2D eigenvalue weighted by molar-refractivity contribution is 5.96. The Bertz CT molecular complexity index is 405. The van der Waals surface area contributed by atoms with E-state index >= 15 is 0 Å². The monoisotopic (exact) mass is 237 g/mol. The van der Waals surface area contributed by atoms with E-state index in [1.807, 2.05) is 0 Å². The molecule has 0 aliphatic carbocycles. The highest BCUT2D eigenvalue weighted by Crippen LogP contribution is 2.22. The van der Waals surface area contributed by atoms with Crippen LogP contribution in [0, 0.1) is 5.92 Å². The summed E-state index contributed by atoms with van der Waals surface area (Å²) in [6, 6.07) is 1.63. The van der Waals surface area contributed by atoms with Gasteiger partial charge in [-0.25, -0.2) is 9.78 Å². The van der Waals surface area contributed by atoms with E-state index in [2.05, 4.69) is 31.1 Å². The van der Waals surface area contributed by atoms with Crippen molar-refractivity contribution >= 4 is 17.5 Å². The van der Waals surface area contributed by atoms with Crippen molar-refractivity contribution in [3.8, 4) is 0 Å². The van der Waals surface area contributed by atoms with E-state index in [9.17, 15) is 4.79 Å². The van der Waals surface area contributed by atoms with E-state index < -0.39 is 5.97 Å². The van der Waals surface area contributed by atoms with Crippen LogP contribution in [0.15, 0.2) is 12.3 Å². The van der Waals surface area contributed by atoms with Gasteiger partial charge in [0, 0.05) is 12.2 Å². The maximum atomic E-state index is 10.9. The minimum absolute atomic E-state index is 0.0844. The summed E-state index contributed by atoms with van der Waals surface area (Å²) in [6.45, 7) is 6.26. The normalized spacial score (nSPS) is 12.5. The molecule has 0 aliphatic rings. The lowest BCUT2D eigenvalue weighted by molar-refractivity contribution is 0.0698. The summed E-state index contributed by atoms with van der Waals surface area (Å²) in [5.41, 5.74) is 6.06. The quantitative estimate of drug-likeness (QED) is 0.730. The number of carbonyl (C=O) groups is 1. The summed E-state index contributed by atoms with van der Waals surface area (Å²) in [5.74, 6) is -0.161. The Kier molecular flexibility index (Phi) is 4.31. The van der Waals surface area contributed by atoms with Crippen molar-refractivity contribution in [3.63, 3.8) is 0 Å². The first-order valence-electron chi connectivity index (χ1n) is 5.71. The van der Waals surface area contributed by atoms with E-state index in [1.54, 1.807) is 0 Å². The Hall–Kier alpha value is -1.78. The van der Waals surface area contributed by atoms with Crippen LogP contribution in [0.1, 0.15) is 37.6 Å². The molecule has 0 fully saturated rings. The first-order chi connectivity index (χ1) is 7.97. The minimum atomic E-state index is -1.04. The predicted octanol–water partition coefficient (Wildman–Crippen LogP) is 2.21. The molecule has 0 aromatic carbocycles. The number of nitrogens with one attached hydrogen (secondary N) is 1. The number of hydrogen-bond donors (Lipinski definition) is 3. The number of aromatic carboxylic acids is 1. The molecule has 0 saturated carbocycles. The number of nitrogens with zero attached hydrogens (tertiary/aromatic N) is 1. The molecule has 17 heavy (non-hydrogen) atoms. The maximum absolute atomic E-state index is 10.9. The molecule has 0 radical (unpaired) electrons. The van der Waals surface area contributed by atoms with Crippen LogP contribution in [-0.2, 0) is 0 Å². The number of carboxylic acids is 1. The van der Waals surface area contributed by atoms with Crippen LogP contribution in [0.2, 0.25) is 0 Å². The average molecular weight is 237 g/mol. The molecule has 1 aromatic rings. The molecule has 5 nitrogen and oxygen atoms in total. The third kappa shape index (κ3) is 3.09. The van der Waals surface area contributed by atoms with E-state index in [-0.39, 0.29) is 17.3 Å². The number of nitrogens with two attached hydrogens (primary N) is 1. The van der Waals surface area contributed by atoms with Crippen LogP contribution in [0.3, 0.4) is 0 Å². The molecule has 0 bridgehead atoms. The summed E-state index contributed by atoms with van der Waals surface area (Å²) in [6.07, 6.45) is 2.38. The Morgan fingerprint density at radius 2 is 2.24 bits per heavy atom. The van der Waals surface area contributed by atoms with Crippen molar-refractivity contribution in [2.24, 2.45) is 5.92 Å². The van der Waals surface area contributed by atoms with Crippen molar-refractivity contribution in [2.75, 3.05) is 11.1 Å². The average Bonchev–Trinajstić information content (AvgIpc) is 2.26. The fourth-order valence-electron chi connectivity index (χ4n) is 1.69. The molecule has 0 amide bonds. The van der Waals surface area contributed by atoms with Crippen molar-refractivity contribution in [2.45, 2.75) is 33.2 Å². The van der Waals surface area contributed by atoms with Crippen LogP contribution in [-0.4, -0.2) is 22.1 Å². The minimum Gasteiger partial charge on any atom is -0.478 e. The number of aromatic nitrogens is 1. The van der Waals surface area contributed by atoms with E-state index in [4.69, 9.17) is 10.8 Å². The topological polar surface area (TPSA) is 88.2 Å². The molecule has 0 aliphatic heterocycles. The molecule has 94 valence electrons. The molecule has 1 unspecified atom stereocenters. The van der Waals surface area contributed by atoms with Gasteiger partial charge in [-0.05, 0) is 18.4 Å². The van der Waals surface area contributed by atoms with Gasteiger partial charge in [0.15, 0.2) is 0 Å². The summed E-state index contributed by atoms with van der Waals surface area (Å²) < 4.78 is 0. The SMILES string of the molecule is CCC(Nc1nccc(C(=O)O)c1N)C(C)C. The summed E-state index contributed by atoms with van der Waals surface area (Å²) >= 11 is 0. The van der Waals surface area contributed by atoms with Crippen molar-refractivity contribution in [1.82, 2.24) is 4.98 Å².